The molecule has 0 N–H and O–H groups in total. The molecule has 19 heavy (non-hydrogen) atoms. The van der Waals surface area contributed by atoms with Crippen LogP contribution in [0.4, 0.5) is 0 Å². The van der Waals surface area contributed by atoms with Gasteiger partial charge in [0, 0.05) is 18.3 Å². The molecule has 0 unspecified atom stereocenters. The van der Waals surface area contributed by atoms with Gasteiger partial charge < -0.3 is 14.0 Å². The zero-order valence-corrected chi connectivity index (χ0v) is 11.5. The molecule has 1 heterocycles. The Balaban J connectivity index is 2.67. The van der Waals surface area contributed by atoms with Gasteiger partial charge >= 0.3 is 0 Å². The summed E-state index contributed by atoms with van der Waals surface area (Å²) in [5.41, 5.74) is 3.45. The van der Waals surface area contributed by atoms with Gasteiger partial charge in [-0.15, -0.1) is 0 Å². The molecule has 4 nitrogen and oxygen atoms in total. The second kappa shape index (κ2) is 5.07. The molecular formula is C15H16N2O2. The number of hydrogen-bond donors (Lipinski definition) is 0. The molecule has 0 saturated heterocycles. The summed E-state index contributed by atoms with van der Waals surface area (Å²) in [4.78, 5) is 0. The van der Waals surface area contributed by atoms with E-state index in [1.54, 1.807) is 14.2 Å². The Morgan fingerprint density at radius 3 is 2.42 bits per heavy atom. The van der Waals surface area contributed by atoms with Crippen molar-refractivity contribution in [2.24, 2.45) is 7.05 Å². The van der Waals surface area contributed by atoms with Crippen molar-refractivity contribution in [3.63, 3.8) is 0 Å². The zero-order valence-electron chi connectivity index (χ0n) is 11.5. The first-order valence-electron chi connectivity index (χ1n) is 5.91. The third-order valence-electron chi connectivity index (χ3n) is 3.34. The highest BCUT2D eigenvalue weighted by Gasteiger charge is 2.15. The summed E-state index contributed by atoms with van der Waals surface area (Å²) in [5.74, 6) is 1.51. The molecule has 0 spiro atoms. The Bertz CT molecular complexity index is 651. The fourth-order valence-electron chi connectivity index (χ4n) is 2.09. The minimum absolute atomic E-state index is 0.669. The van der Waals surface area contributed by atoms with Crippen molar-refractivity contribution >= 4 is 0 Å². The number of ether oxygens (including phenoxy) is 2. The topological polar surface area (TPSA) is 47.2 Å². The molecule has 2 rings (SSSR count). The van der Waals surface area contributed by atoms with E-state index in [-0.39, 0.29) is 0 Å². The van der Waals surface area contributed by atoms with Crippen LogP contribution in [-0.4, -0.2) is 18.8 Å². The highest BCUT2D eigenvalue weighted by atomic mass is 16.5. The lowest BCUT2D eigenvalue weighted by Crippen LogP contribution is -1.97. The van der Waals surface area contributed by atoms with Crippen molar-refractivity contribution in [3.8, 4) is 28.8 Å². The Labute approximate surface area is 112 Å². The maximum Gasteiger partial charge on any atom is 0.128 e. The summed E-state index contributed by atoms with van der Waals surface area (Å²) < 4.78 is 12.6. The summed E-state index contributed by atoms with van der Waals surface area (Å²) in [6.45, 7) is 1.93. The van der Waals surface area contributed by atoms with E-state index in [9.17, 15) is 0 Å². The molecular weight excluding hydrogens is 240 g/mol. The molecule has 0 radical (unpaired) electrons. The predicted molar refractivity (Wildman–Crippen MR) is 73.4 cm³/mol. The SMILES string of the molecule is COc1ccc(OC)c(-c2cc(C#N)c(C)n2C)c1. The Morgan fingerprint density at radius 1 is 1.16 bits per heavy atom. The first-order valence-corrected chi connectivity index (χ1v) is 5.91. The first kappa shape index (κ1) is 13.0. The molecule has 1 aromatic carbocycles. The summed E-state index contributed by atoms with van der Waals surface area (Å²) >= 11 is 0. The van der Waals surface area contributed by atoms with E-state index in [1.807, 2.05) is 42.8 Å². The molecule has 0 saturated carbocycles. The minimum Gasteiger partial charge on any atom is -0.497 e. The van der Waals surface area contributed by atoms with Crippen molar-refractivity contribution in [2.45, 2.75) is 6.92 Å². The standard InChI is InChI=1S/C15H16N2O2/c1-10-11(9-16)7-14(17(10)2)13-8-12(18-3)5-6-15(13)19-4/h5-8H,1-4H3. The van der Waals surface area contributed by atoms with Crippen LogP contribution in [0, 0.1) is 18.3 Å². The molecule has 1 aromatic heterocycles. The van der Waals surface area contributed by atoms with Gasteiger partial charge in [0.2, 0.25) is 0 Å². The zero-order chi connectivity index (χ0) is 14.0. The number of benzene rings is 1. The molecule has 0 fully saturated rings. The van der Waals surface area contributed by atoms with Gasteiger partial charge in [-0.25, -0.2) is 0 Å². The largest absolute Gasteiger partial charge is 0.497 e. The van der Waals surface area contributed by atoms with Gasteiger partial charge in [-0.1, -0.05) is 0 Å². The smallest absolute Gasteiger partial charge is 0.128 e. The van der Waals surface area contributed by atoms with Crippen molar-refractivity contribution in [1.29, 1.82) is 5.26 Å². The van der Waals surface area contributed by atoms with E-state index in [0.717, 1.165) is 28.5 Å². The number of nitrogens with zero attached hydrogens (tertiary/aromatic N) is 2. The Kier molecular flexibility index (Phi) is 3.48. The first-order chi connectivity index (χ1) is 9.12. The number of nitriles is 1. The predicted octanol–water partition coefficient (Wildman–Crippen LogP) is 2.89. The molecule has 0 aliphatic rings. The van der Waals surface area contributed by atoms with Gasteiger partial charge in [0.25, 0.3) is 0 Å². The average molecular weight is 256 g/mol. The Morgan fingerprint density at radius 2 is 1.89 bits per heavy atom. The Hall–Kier alpha value is -2.41. The van der Waals surface area contributed by atoms with E-state index >= 15 is 0 Å². The molecule has 0 amide bonds. The fourth-order valence-corrected chi connectivity index (χ4v) is 2.09. The third kappa shape index (κ3) is 2.15. The average Bonchev–Trinajstić information content (AvgIpc) is 2.74. The number of methoxy groups -OCH3 is 2. The molecule has 2 aromatic rings. The molecule has 98 valence electrons. The lowest BCUT2D eigenvalue weighted by molar-refractivity contribution is 0.404. The van der Waals surface area contributed by atoms with Crippen LogP contribution < -0.4 is 9.47 Å². The van der Waals surface area contributed by atoms with Gasteiger partial charge in [-0.3, -0.25) is 0 Å². The number of hydrogen-bond acceptors (Lipinski definition) is 3. The molecule has 0 bridgehead atoms. The maximum atomic E-state index is 9.11. The van der Waals surface area contributed by atoms with E-state index in [4.69, 9.17) is 14.7 Å². The van der Waals surface area contributed by atoms with Crippen LogP contribution in [-0.2, 0) is 7.05 Å². The highest BCUT2D eigenvalue weighted by molar-refractivity contribution is 5.72. The normalized spacial score (nSPS) is 10.1. The van der Waals surface area contributed by atoms with E-state index in [2.05, 4.69) is 6.07 Å². The van der Waals surface area contributed by atoms with Gasteiger partial charge in [0.1, 0.15) is 17.6 Å². The van der Waals surface area contributed by atoms with E-state index < -0.39 is 0 Å². The number of rotatable bonds is 3. The molecule has 0 aliphatic heterocycles. The van der Waals surface area contributed by atoms with Crippen LogP contribution in [0.1, 0.15) is 11.3 Å². The van der Waals surface area contributed by atoms with Crippen molar-refractivity contribution in [2.75, 3.05) is 14.2 Å². The summed E-state index contributed by atoms with van der Waals surface area (Å²) in [7, 11) is 5.19. The lowest BCUT2D eigenvalue weighted by Gasteiger charge is -2.11. The number of aromatic nitrogens is 1. The summed E-state index contributed by atoms with van der Waals surface area (Å²) in [5, 5.41) is 9.11. The molecule has 0 aliphatic carbocycles. The molecule has 0 atom stereocenters. The monoisotopic (exact) mass is 256 g/mol. The van der Waals surface area contributed by atoms with Crippen LogP contribution in [0.5, 0.6) is 11.5 Å². The minimum atomic E-state index is 0.669. The lowest BCUT2D eigenvalue weighted by atomic mass is 10.1. The van der Waals surface area contributed by atoms with E-state index in [1.165, 1.54) is 0 Å². The van der Waals surface area contributed by atoms with Crippen molar-refractivity contribution < 1.29 is 9.47 Å². The molecule has 4 heteroatoms. The van der Waals surface area contributed by atoms with Gasteiger partial charge in [-0.2, -0.15) is 5.26 Å². The third-order valence-corrected chi connectivity index (χ3v) is 3.34. The van der Waals surface area contributed by atoms with Crippen LogP contribution in [0.15, 0.2) is 24.3 Å². The second-order valence-electron chi connectivity index (χ2n) is 4.27. The van der Waals surface area contributed by atoms with Crippen LogP contribution in [0.25, 0.3) is 11.3 Å². The summed E-state index contributed by atoms with van der Waals surface area (Å²) in [6.07, 6.45) is 0. The van der Waals surface area contributed by atoms with Crippen molar-refractivity contribution in [1.82, 2.24) is 4.57 Å². The van der Waals surface area contributed by atoms with Gasteiger partial charge in [-0.05, 0) is 31.2 Å². The maximum absolute atomic E-state index is 9.11. The quantitative estimate of drug-likeness (QED) is 0.848. The van der Waals surface area contributed by atoms with Crippen LogP contribution in [0.2, 0.25) is 0 Å². The summed E-state index contributed by atoms with van der Waals surface area (Å²) in [6, 6.07) is 9.69. The fraction of sp³-hybridized carbons (Fsp3) is 0.267. The highest BCUT2D eigenvalue weighted by Crippen LogP contribution is 2.35. The van der Waals surface area contributed by atoms with Gasteiger partial charge in [0.15, 0.2) is 0 Å². The van der Waals surface area contributed by atoms with Crippen LogP contribution >= 0.6 is 0 Å². The second-order valence-corrected chi connectivity index (χ2v) is 4.27. The van der Waals surface area contributed by atoms with Crippen LogP contribution in [0.3, 0.4) is 0 Å². The van der Waals surface area contributed by atoms with Crippen molar-refractivity contribution in [3.05, 3.63) is 35.5 Å². The van der Waals surface area contributed by atoms with Gasteiger partial charge in [0.05, 0.1) is 25.5 Å². The van der Waals surface area contributed by atoms with E-state index in [0.29, 0.717) is 5.56 Å².